The molecule has 7 nitrogen and oxygen atoms in total. The first-order valence-corrected chi connectivity index (χ1v) is 11.3. The van der Waals surface area contributed by atoms with Crippen LogP contribution in [0.2, 0.25) is 0 Å². The lowest BCUT2D eigenvalue weighted by Gasteiger charge is -2.18. The first-order chi connectivity index (χ1) is 13.3. The molecule has 0 saturated carbocycles. The zero-order valence-corrected chi connectivity index (χ0v) is 17.6. The second-order valence-corrected chi connectivity index (χ2v) is 9.80. The highest BCUT2D eigenvalue weighted by Gasteiger charge is 2.31. The predicted molar refractivity (Wildman–Crippen MR) is 110 cm³/mol. The summed E-state index contributed by atoms with van der Waals surface area (Å²) in [5, 5.41) is 5.72. The van der Waals surface area contributed by atoms with Gasteiger partial charge in [0.2, 0.25) is 0 Å². The van der Waals surface area contributed by atoms with E-state index in [-0.39, 0.29) is 10.8 Å². The van der Waals surface area contributed by atoms with E-state index in [4.69, 9.17) is 0 Å². The Morgan fingerprint density at radius 2 is 1.71 bits per heavy atom. The summed E-state index contributed by atoms with van der Waals surface area (Å²) in [4.78, 5) is 26.0. The highest BCUT2D eigenvalue weighted by molar-refractivity contribution is 7.93. The third kappa shape index (κ3) is 6.15. The molecule has 1 aromatic heterocycles. The maximum absolute atomic E-state index is 13.0. The lowest BCUT2D eigenvalue weighted by molar-refractivity contribution is -0.139. The number of hydrogen-bond acceptors (Lipinski definition) is 6. The highest BCUT2D eigenvalue weighted by atomic mass is 32.2. The number of carbonyl (C=O) groups is 2. The van der Waals surface area contributed by atoms with Crippen molar-refractivity contribution >= 4 is 33.0 Å². The van der Waals surface area contributed by atoms with Gasteiger partial charge in [0.15, 0.2) is 9.84 Å². The Hall–Kier alpha value is -2.23. The lowest BCUT2D eigenvalue weighted by atomic mass is 10.1. The summed E-state index contributed by atoms with van der Waals surface area (Å²) in [5.41, 5.74) is 0.558. The molecule has 152 valence electrons. The molecule has 2 N–H and O–H groups in total. The molecule has 0 fully saturated rings. The zero-order valence-electron chi connectivity index (χ0n) is 15.9. The first kappa shape index (κ1) is 22.1. The van der Waals surface area contributed by atoms with Crippen LogP contribution in [0.3, 0.4) is 0 Å². The molecule has 0 spiro atoms. The predicted octanol–water partition coefficient (Wildman–Crippen LogP) is 1.45. The third-order valence-electron chi connectivity index (χ3n) is 4.04. The molecule has 28 heavy (non-hydrogen) atoms. The van der Waals surface area contributed by atoms with Gasteiger partial charge in [-0.2, -0.15) is 0 Å². The Labute approximate surface area is 169 Å². The summed E-state index contributed by atoms with van der Waals surface area (Å²) in [5.74, 6) is -1.61. The molecule has 2 amide bonds. The van der Waals surface area contributed by atoms with Crippen molar-refractivity contribution in [3.8, 4) is 0 Å². The van der Waals surface area contributed by atoms with Crippen LogP contribution in [-0.2, 0) is 19.4 Å². The molecule has 9 heteroatoms. The van der Waals surface area contributed by atoms with Crippen molar-refractivity contribution in [1.82, 2.24) is 15.5 Å². The molecule has 0 aliphatic rings. The number of rotatable bonds is 9. The van der Waals surface area contributed by atoms with Crippen molar-refractivity contribution < 1.29 is 18.0 Å². The van der Waals surface area contributed by atoms with E-state index in [2.05, 4.69) is 10.6 Å². The van der Waals surface area contributed by atoms with Crippen LogP contribution >= 0.6 is 11.3 Å². The van der Waals surface area contributed by atoms with Crippen LogP contribution < -0.4 is 10.6 Å². The van der Waals surface area contributed by atoms with Gasteiger partial charge in [-0.1, -0.05) is 36.4 Å². The van der Waals surface area contributed by atoms with E-state index in [1.807, 2.05) is 19.0 Å². The monoisotopic (exact) mass is 423 g/mol. The molecule has 1 aromatic carbocycles. The van der Waals surface area contributed by atoms with Crippen molar-refractivity contribution in [3.05, 3.63) is 53.4 Å². The third-order valence-corrected chi connectivity index (χ3v) is 7.58. The molecular formula is C19H25N3O4S2. The summed E-state index contributed by atoms with van der Waals surface area (Å²) in [6.07, 6.45) is 0.714. The van der Waals surface area contributed by atoms with Crippen LogP contribution in [0.15, 0.2) is 52.1 Å². The molecule has 1 atom stereocenters. The van der Waals surface area contributed by atoms with E-state index >= 15 is 0 Å². The van der Waals surface area contributed by atoms with Crippen LogP contribution in [0.4, 0.5) is 0 Å². The number of nitrogens with one attached hydrogen (secondary N) is 2. The molecular weight excluding hydrogens is 398 g/mol. The SMILES string of the molecule is CN(C)CCCNC(=O)C(=O)NC[C@H](c1ccccc1)S(=O)(=O)c1cccs1. The fourth-order valence-electron chi connectivity index (χ4n) is 2.58. The van der Waals surface area contributed by atoms with Gasteiger partial charge in [0.1, 0.15) is 9.46 Å². The van der Waals surface area contributed by atoms with Gasteiger partial charge in [0, 0.05) is 13.1 Å². The number of sulfone groups is 1. The molecule has 0 aliphatic carbocycles. The minimum Gasteiger partial charge on any atom is -0.348 e. The topological polar surface area (TPSA) is 95.6 Å². The van der Waals surface area contributed by atoms with Crippen molar-refractivity contribution in [2.45, 2.75) is 15.9 Å². The van der Waals surface area contributed by atoms with E-state index in [9.17, 15) is 18.0 Å². The summed E-state index contributed by atoms with van der Waals surface area (Å²) in [7, 11) is 0.150. The van der Waals surface area contributed by atoms with E-state index in [1.165, 1.54) is 6.07 Å². The summed E-state index contributed by atoms with van der Waals surface area (Å²) >= 11 is 1.13. The average molecular weight is 424 g/mol. The van der Waals surface area contributed by atoms with Crippen molar-refractivity contribution in [1.29, 1.82) is 0 Å². The first-order valence-electron chi connectivity index (χ1n) is 8.85. The van der Waals surface area contributed by atoms with Gasteiger partial charge in [-0.25, -0.2) is 8.42 Å². The average Bonchev–Trinajstić information content (AvgIpc) is 3.21. The Kier molecular flexibility index (Phi) is 8.16. The number of benzene rings is 1. The molecule has 0 radical (unpaired) electrons. The fourth-order valence-corrected chi connectivity index (χ4v) is 5.45. The van der Waals surface area contributed by atoms with Gasteiger partial charge in [-0.15, -0.1) is 11.3 Å². The smallest absolute Gasteiger partial charge is 0.309 e. The number of carbonyl (C=O) groups excluding carboxylic acids is 2. The van der Waals surface area contributed by atoms with E-state index in [0.29, 0.717) is 18.5 Å². The van der Waals surface area contributed by atoms with Crippen LogP contribution in [0.1, 0.15) is 17.2 Å². The Morgan fingerprint density at radius 3 is 2.32 bits per heavy atom. The van der Waals surface area contributed by atoms with Crippen LogP contribution in [0.25, 0.3) is 0 Å². The van der Waals surface area contributed by atoms with Gasteiger partial charge in [0.25, 0.3) is 0 Å². The van der Waals surface area contributed by atoms with E-state index in [1.54, 1.807) is 41.8 Å². The molecule has 1 heterocycles. The van der Waals surface area contributed by atoms with Crippen molar-refractivity contribution in [2.24, 2.45) is 0 Å². The molecule has 2 rings (SSSR count). The standard InChI is InChI=1S/C19H25N3O4S2/c1-22(2)12-7-11-20-18(23)19(24)21-14-16(15-8-4-3-5-9-15)28(25,26)17-10-6-13-27-17/h3-6,8-10,13,16H,7,11-12,14H2,1-2H3,(H,20,23)(H,21,24)/t16-/m1/s1. The maximum Gasteiger partial charge on any atom is 0.309 e. The second kappa shape index (κ2) is 10.4. The molecule has 0 bridgehead atoms. The van der Waals surface area contributed by atoms with E-state index in [0.717, 1.165) is 17.9 Å². The van der Waals surface area contributed by atoms with Crippen molar-refractivity contribution in [3.63, 3.8) is 0 Å². The van der Waals surface area contributed by atoms with Gasteiger partial charge < -0.3 is 15.5 Å². The Balaban J connectivity index is 2.04. The lowest BCUT2D eigenvalue weighted by Crippen LogP contribution is -2.42. The minimum absolute atomic E-state index is 0.186. The summed E-state index contributed by atoms with van der Waals surface area (Å²) < 4.78 is 26.2. The van der Waals surface area contributed by atoms with Crippen LogP contribution in [0, 0.1) is 0 Å². The molecule has 0 saturated heterocycles. The van der Waals surface area contributed by atoms with Crippen LogP contribution in [-0.4, -0.2) is 58.9 Å². The van der Waals surface area contributed by atoms with E-state index < -0.39 is 26.9 Å². The van der Waals surface area contributed by atoms with Gasteiger partial charge in [-0.3, -0.25) is 9.59 Å². The summed E-state index contributed by atoms with van der Waals surface area (Å²) in [6, 6.07) is 11.9. The quantitative estimate of drug-likeness (QED) is 0.470. The number of nitrogens with zero attached hydrogens (tertiary/aromatic N) is 1. The highest BCUT2D eigenvalue weighted by Crippen LogP contribution is 2.30. The Morgan fingerprint density at radius 1 is 1.04 bits per heavy atom. The van der Waals surface area contributed by atoms with Crippen molar-refractivity contribution in [2.75, 3.05) is 33.7 Å². The molecule has 0 unspecified atom stereocenters. The molecule has 2 aromatic rings. The van der Waals surface area contributed by atoms with Crippen LogP contribution in [0.5, 0.6) is 0 Å². The van der Waals surface area contributed by atoms with Gasteiger partial charge in [0.05, 0.1) is 0 Å². The largest absolute Gasteiger partial charge is 0.348 e. The Bertz CT molecular complexity index is 866. The fraction of sp³-hybridized carbons (Fsp3) is 0.368. The second-order valence-electron chi connectivity index (χ2n) is 6.50. The number of amides is 2. The zero-order chi connectivity index (χ0) is 20.6. The number of hydrogen-bond donors (Lipinski definition) is 2. The minimum atomic E-state index is -3.70. The maximum atomic E-state index is 13.0. The van der Waals surface area contributed by atoms with Gasteiger partial charge >= 0.3 is 11.8 Å². The normalized spacial score (nSPS) is 12.5. The summed E-state index contributed by atoms with van der Waals surface area (Å²) in [6.45, 7) is 0.977. The van der Waals surface area contributed by atoms with Gasteiger partial charge in [-0.05, 0) is 44.1 Å². The molecule has 0 aliphatic heterocycles. The number of thiophene rings is 1.